The van der Waals surface area contributed by atoms with Crippen LogP contribution in [0.1, 0.15) is 44.1 Å². The Hall–Kier alpha value is -1.89. The molecule has 2 N–H and O–H groups in total. The summed E-state index contributed by atoms with van der Waals surface area (Å²) in [5.74, 6) is -0.243. The van der Waals surface area contributed by atoms with Gasteiger partial charge in [-0.05, 0) is 49.9 Å². The molecule has 0 bridgehead atoms. The van der Waals surface area contributed by atoms with Crippen LogP contribution in [0.25, 0.3) is 0 Å². The quantitative estimate of drug-likeness (QED) is 0.734. The van der Waals surface area contributed by atoms with Crippen LogP contribution in [-0.4, -0.2) is 34.8 Å². The number of amides is 4. The number of benzene rings is 1. The number of rotatable bonds is 5. The normalized spacial score (nSPS) is 18.7. The monoisotopic (exact) mass is 407 g/mol. The minimum Gasteiger partial charge on any atom is -0.326 e. The highest BCUT2D eigenvalue weighted by Gasteiger charge is 2.51. The number of carbonyl (C=O) groups excluding carboxylic acids is 3. The van der Waals surface area contributed by atoms with E-state index in [4.69, 9.17) is 0 Å². The Labute approximate surface area is 155 Å². The summed E-state index contributed by atoms with van der Waals surface area (Å²) in [5, 5.41) is 5.72. The standard InChI is InChI=1S/C18H22BrN3O3/c1-12-11-13(19)6-7-14(12)20-15(23)5-4-10-22-16(24)18(21-17(22)25)8-2-3-9-18/h6-7,11H,2-5,8-10H2,1H3,(H,20,23)(H,21,25). The predicted molar refractivity (Wildman–Crippen MR) is 98.2 cm³/mol. The molecule has 0 atom stereocenters. The van der Waals surface area contributed by atoms with Crippen molar-refractivity contribution in [2.75, 3.05) is 11.9 Å². The number of hydrogen-bond acceptors (Lipinski definition) is 3. The summed E-state index contributed by atoms with van der Waals surface area (Å²) >= 11 is 3.39. The van der Waals surface area contributed by atoms with Crippen LogP contribution in [-0.2, 0) is 9.59 Å². The molecule has 0 aromatic heterocycles. The van der Waals surface area contributed by atoms with Gasteiger partial charge in [-0.1, -0.05) is 28.8 Å². The zero-order valence-electron chi connectivity index (χ0n) is 14.2. The third-order valence-corrected chi connectivity index (χ3v) is 5.44. The van der Waals surface area contributed by atoms with E-state index in [0.29, 0.717) is 6.42 Å². The Morgan fingerprint density at radius 2 is 2.04 bits per heavy atom. The van der Waals surface area contributed by atoms with Crippen molar-refractivity contribution in [3.63, 3.8) is 0 Å². The van der Waals surface area contributed by atoms with E-state index in [1.807, 2.05) is 25.1 Å². The Morgan fingerprint density at radius 1 is 1.32 bits per heavy atom. The molecule has 2 aliphatic rings. The number of anilines is 1. The SMILES string of the molecule is Cc1cc(Br)ccc1NC(=O)CCCN1C(=O)NC2(CCCC2)C1=O. The van der Waals surface area contributed by atoms with E-state index >= 15 is 0 Å². The van der Waals surface area contributed by atoms with E-state index in [9.17, 15) is 14.4 Å². The lowest BCUT2D eigenvalue weighted by Gasteiger charge is -2.19. The highest BCUT2D eigenvalue weighted by molar-refractivity contribution is 9.10. The van der Waals surface area contributed by atoms with Crippen LogP contribution >= 0.6 is 15.9 Å². The fourth-order valence-electron chi connectivity index (χ4n) is 3.57. The Kier molecular flexibility index (Phi) is 5.13. The summed E-state index contributed by atoms with van der Waals surface area (Å²) in [5.41, 5.74) is 1.07. The summed E-state index contributed by atoms with van der Waals surface area (Å²) in [6.45, 7) is 2.20. The summed E-state index contributed by atoms with van der Waals surface area (Å²) in [4.78, 5) is 38.0. The lowest BCUT2D eigenvalue weighted by molar-refractivity contribution is -0.131. The number of imide groups is 1. The van der Waals surface area contributed by atoms with Crippen LogP contribution in [0.15, 0.2) is 22.7 Å². The van der Waals surface area contributed by atoms with Gasteiger partial charge in [0.2, 0.25) is 5.91 Å². The topological polar surface area (TPSA) is 78.5 Å². The fourth-order valence-corrected chi connectivity index (χ4v) is 4.05. The molecule has 1 aromatic carbocycles. The first kappa shape index (κ1) is 17.9. The van der Waals surface area contributed by atoms with Crippen molar-refractivity contribution in [2.45, 2.75) is 51.0 Å². The molecule has 6 nitrogen and oxygen atoms in total. The molecule has 4 amide bonds. The van der Waals surface area contributed by atoms with Gasteiger partial charge in [-0.15, -0.1) is 0 Å². The Balaban J connectivity index is 1.50. The van der Waals surface area contributed by atoms with Crippen LogP contribution in [0.3, 0.4) is 0 Å². The molecule has 1 spiro atoms. The number of halogens is 1. The van der Waals surface area contributed by atoms with E-state index in [0.717, 1.165) is 41.4 Å². The minimum atomic E-state index is -0.673. The second-order valence-electron chi connectivity index (χ2n) is 6.79. The summed E-state index contributed by atoms with van der Waals surface area (Å²) in [6.07, 6.45) is 4.09. The van der Waals surface area contributed by atoms with Gasteiger partial charge >= 0.3 is 6.03 Å². The number of urea groups is 1. The molecule has 3 rings (SSSR count). The molecule has 25 heavy (non-hydrogen) atoms. The molecule has 1 saturated heterocycles. The van der Waals surface area contributed by atoms with Crippen LogP contribution in [0.5, 0.6) is 0 Å². The molecule has 1 aliphatic carbocycles. The summed E-state index contributed by atoms with van der Waals surface area (Å²) < 4.78 is 0.961. The molecular weight excluding hydrogens is 386 g/mol. The van der Waals surface area contributed by atoms with Gasteiger partial charge in [-0.25, -0.2) is 4.79 Å². The highest BCUT2D eigenvalue weighted by atomic mass is 79.9. The van der Waals surface area contributed by atoms with Crippen molar-refractivity contribution in [2.24, 2.45) is 0 Å². The van der Waals surface area contributed by atoms with E-state index in [2.05, 4.69) is 26.6 Å². The lowest BCUT2D eigenvalue weighted by atomic mass is 9.98. The smallest absolute Gasteiger partial charge is 0.325 e. The van der Waals surface area contributed by atoms with Crippen molar-refractivity contribution in [1.29, 1.82) is 0 Å². The largest absolute Gasteiger partial charge is 0.326 e. The van der Waals surface area contributed by atoms with Crippen LogP contribution in [0, 0.1) is 6.92 Å². The maximum Gasteiger partial charge on any atom is 0.325 e. The number of nitrogens with one attached hydrogen (secondary N) is 2. The van der Waals surface area contributed by atoms with Gasteiger partial charge in [0.1, 0.15) is 5.54 Å². The van der Waals surface area contributed by atoms with E-state index in [1.54, 1.807) is 0 Å². The molecule has 134 valence electrons. The van der Waals surface area contributed by atoms with Gasteiger partial charge in [0.05, 0.1) is 0 Å². The second-order valence-corrected chi connectivity index (χ2v) is 7.70. The highest BCUT2D eigenvalue weighted by Crippen LogP contribution is 2.35. The van der Waals surface area contributed by atoms with Crippen LogP contribution in [0.2, 0.25) is 0 Å². The molecule has 1 aliphatic heterocycles. The molecule has 7 heteroatoms. The van der Waals surface area contributed by atoms with Gasteiger partial charge < -0.3 is 10.6 Å². The number of hydrogen-bond donors (Lipinski definition) is 2. The molecular formula is C18H22BrN3O3. The Morgan fingerprint density at radius 3 is 2.72 bits per heavy atom. The van der Waals surface area contributed by atoms with E-state index in [-0.39, 0.29) is 30.8 Å². The lowest BCUT2D eigenvalue weighted by Crippen LogP contribution is -2.44. The van der Waals surface area contributed by atoms with Crippen molar-refractivity contribution < 1.29 is 14.4 Å². The van der Waals surface area contributed by atoms with Crippen molar-refractivity contribution in [3.8, 4) is 0 Å². The van der Waals surface area contributed by atoms with Crippen LogP contribution < -0.4 is 10.6 Å². The van der Waals surface area contributed by atoms with E-state index in [1.165, 1.54) is 4.90 Å². The van der Waals surface area contributed by atoms with Crippen molar-refractivity contribution >= 4 is 39.5 Å². The molecule has 1 saturated carbocycles. The van der Waals surface area contributed by atoms with E-state index < -0.39 is 5.54 Å². The molecule has 0 unspecified atom stereocenters. The number of aryl methyl sites for hydroxylation is 1. The molecule has 1 heterocycles. The first-order chi connectivity index (χ1) is 11.9. The Bertz CT molecular complexity index is 714. The van der Waals surface area contributed by atoms with Gasteiger partial charge in [-0.2, -0.15) is 0 Å². The molecule has 2 fully saturated rings. The number of nitrogens with zero attached hydrogens (tertiary/aromatic N) is 1. The van der Waals surface area contributed by atoms with Crippen LogP contribution in [0.4, 0.5) is 10.5 Å². The number of carbonyl (C=O) groups is 3. The molecule has 1 aromatic rings. The third-order valence-electron chi connectivity index (χ3n) is 4.95. The molecule has 0 radical (unpaired) electrons. The van der Waals surface area contributed by atoms with Crippen molar-refractivity contribution in [1.82, 2.24) is 10.2 Å². The third kappa shape index (κ3) is 3.71. The average molecular weight is 408 g/mol. The minimum absolute atomic E-state index is 0.118. The second kappa shape index (κ2) is 7.15. The predicted octanol–water partition coefficient (Wildman–Crippen LogP) is 3.34. The summed E-state index contributed by atoms with van der Waals surface area (Å²) in [6, 6.07) is 5.33. The maximum absolute atomic E-state index is 12.5. The van der Waals surface area contributed by atoms with Crippen molar-refractivity contribution in [3.05, 3.63) is 28.2 Å². The fraction of sp³-hybridized carbons (Fsp3) is 0.500. The van der Waals surface area contributed by atoms with Gasteiger partial charge in [0.25, 0.3) is 5.91 Å². The van der Waals surface area contributed by atoms with Gasteiger partial charge in [0, 0.05) is 23.1 Å². The maximum atomic E-state index is 12.5. The zero-order valence-corrected chi connectivity index (χ0v) is 15.8. The first-order valence-corrected chi connectivity index (χ1v) is 9.41. The average Bonchev–Trinajstić information content (AvgIpc) is 3.11. The summed E-state index contributed by atoms with van der Waals surface area (Å²) in [7, 11) is 0. The van der Waals surface area contributed by atoms with Gasteiger partial charge in [-0.3, -0.25) is 14.5 Å². The zero-order chi connectivity index (χ0) is 18.0. The van der Waals surface area contributed by atoms with Gasteiger partial charge in [0.15, 0.2) is 0 Å². The first-order valence-electron chi connectivity index (χ1n) is 8.61.